The van der Waals surface area contributed by atoms with Crippen molar-refractivity contribution in [3.05, 3.63) is 26.7 Å². The van der Waals surface area contributed by atoms with E-state index < -0.39 is 11.2 Å². The monoisotopic (exact) mass is 333 g/mol. The average molecular weight is 333 g/mol. The van der Waals surface area contributed by atoms with Gasteiger partial charge >= 0.3 is 5.69 Å². The molecule has 2 aromatic rings. The van der Waals surface area contributed by atoms with Crippen molar-refractivity contribution >= 4 is 11.2 Å². The van der Waals surface area contributed by atoms with E-state index in [2.05, 4.69) is 4.98 Å². The molecular formula is C16H23N5O3. The number of aryl methyl sites for hydroxylation is 2. The van der Waals surface area contributed by atoms with E-state index in [0.29, 0.717) is 30.1 Å². The molecule has 2 heterocycles. The van der Waals surface area contributed by atoms with E-state index in [1.807, 2.05) is 19.9 Å². The molecule has 0 spiro atoms. The number of nitrogens with zero attached hydrogens (tertiary/aromatic N) is 5. The Morgan fingerprint density at radius 3 is 2.42 bits per heavy atom. The first-order valence-electron chi connectivity index (χ1n) is 8.31. The fourth-order valence-electron chi connectivity index (χ4n) is 2.80. The molecule has 0 aliphatic heterocycles. The van der Waals surface area contributed by atoms with Crippen LogP contribution in [0, 0.1) is 11.3 Å². The first-order valence-corrected chi connectivity index (χ1v) is 8.31. The van der Waals surface area contributed by atoms with Crippen LogP contribution in [0.25, 0.3) is 11.2 Å². The van der Waals surface area contributed by atoms with Gasteiger partial charge in [0.05, 0.1) is 12.5 Å². The predicted molar refractivity (Wildman–Crippen MR) is 89.6 cm³/mol. The molecule has 8 nitrogen and oxygen atoms in total. The van der Waals surface area contributed by atoms with E-state index in [4.69, 9.17) is 5.26 Å². The second-order valence-corrected chi connectivity index (χ2v) is 5.66. The van der Waals surface area contributed by atoms with Gasteiger partial charge in [-0.2, -0.15) is 5.26 Å². The van der Waals surface area contributed by atoms with E-state index >= 15 is 0 Å². The third-order valence-electron chi connectivity index (χ3n) is 3.96. The van der Waals surface area contributed by atoms with Crippen molar-refractivity contribution in [1.82, 2.24) is 18.7 Å². The molecule has 8 heteroatoms. The Labute approximate surface area is 139 Å². The topological polar surface area (TPSA) is 106 Å². The molecule has 0 radical (unpaired) electrons. The zero-order chi connectivity index (χ0) is 17.7. The Hall–Kier alpha value is -2.40. The van der Waals surface area contributed by atoms with Gasteiger partial charge in [-0.3, -0.25) is 13.9 Å². The van der Waals surface area contributed by atoms with E-state index in [9.17, 15) is 14.7 Å². The summed E-state index contributed by atoms with van der Waals surface area (Å²) in [6, 6.07) is 1.97. The number of aliphatic hydroxyl groups excluding tert-OH is 1. The predicted octanol–water partition coefficient (Wildman–Crippen LogP) is 0.976. The number of imidazole rings is 1. The van der Waals surface area contributed by atoms with Crippen molar-refractivity contribution in [3.63, 3.8) is 0 Å². The summed E-state index contributed by atoms with van der Waals surface area (Å²) >= 11 is 0. The summed E-state index contributed by atoms with van der Waals surface area (Å²) in [6.45, 7) is 4.73. The number of aromatic nitrogens is 4. The molecule has 0 bridgehead atoms. The van der Waals surface area contributed by atoms with E-state index in [1.54, 1.807) is 4.57 Å². The molecular weight excluding hydrogens is 310 g/mol. The normalized spacial score (nSPS) is 11.1. The molecule has 0 aliphatic carbocycles. The van der Waals surface area contributed by atoms with Crippen molar-refractivity contribution in [2.45, 2.75) is 65.8 Å². The quantitative estimate of drug-likeness (QED) is 0.775. The first kappa shape index (κ1) is 17.9. The second kappa shape index (κ2) is 7.93. The standard InChI is InChI=1S/C16H23N5O3/c1-3-5-9-20-14-13(19(8-4-2)12(11-22)18-14)15(23)21(16(20)24)10-6-7-17/h22H,3-6,8-11H2,1-2H3. The van der Waals surface area contributed by atoms with Gasteiger partial charge in [0.1, 0.15) is 12.4 Å². The van der Waals surface area contributed by atoms with E-state index in [0.717, 1.165) is 23.8 Å². The molecule has 130 valence electrons. The lowest BCUT2D eigenvalue weighted by atomic mass is 10.3. The molecule has 0 saturated heterocycles. The molecule has 0 aromatic carbocycles. The van der Waals surface area contributed by atoms with Crippen LogP contribution in [0.4, 0.5) is 0 Å². The van der Waals surface area contributed by atoms with Crippen molar-refractivity contribution < 1.29 is 5.11 Å². The Kier molecular flexibility index (Phi) is 5.93. The maximum absolute atomic E-state index is 12.8. The van der Waals surface area contributed by atoms with Crippen LogP contribution in [-0.2, 0) is 26.2 Å². The number of aliphatic hydroxyl groups is 1. The van der Waals surface area contributed by atoms with E-state index in [-0.39, 0.29) is 19.6 Å². The molecule has 0 unspecified atom stereocenters. The minimum absolute atomic E-state index is 0.0575. The third-order valence-corrected chi connectivity index (χ3v) is 3.96. The minimum atomic E-state index is -0.446. The smallest absolute Gasteiger partial charge is 0.332 e. The molecule has 0 aliphatic rings. The molecule has 2 rings (SSSR count). The second-order valence-electron chi connectivity index (χ2n) is 5.66. The van der Waals surface area contributed by atoms with Gasteiger partial charge in [0.25, 0.3) is 5.56 Å². The Morgan fingerprint density at radius 2 is 1.83 bits per heavy atom. The molecule has 0 atom stereocenters. The summed E-state index contributed by atoms with van der Waals surface area (Å²) in [6.07, 6.45) is 2.53. The summed E-state index contributed by atoms with van der Waals surface area (Å²) in [7, 11) is 0. The van der Waals surface area contributed by atoms with Gasteiger partial charge in [-0.05, 0) is 12.8 Å². The van der Waals surface area contributed by atoms with Crippen LogP contribution in [0.2, 0.25) is 0 Å². The van der Waals surface area contributed by atoms with Crippen molar-refractivity contribution in [2.75, 3.05) is 0 Å². The highest BCUT2D eigenvalue weighted by Crippen LogP contribution is 2.13. The number of hydrogen-bond acceptors (Lipinski definition) is 5. The van der Waals surface area contributed by atoms with Crippen molar-refractivity contribution in [1.29, 1.82) is 5.26 Å². The molecule has 0 fully saturated rings. The number of rotatable bonds is 8. The lowest BCUT2D eigenvalue weighted by Crippen LogP contribution is -2.40. The number of hydrogen-bond donors (Lipinski definition) is 1. The fraction of sp³-hybridized carbons (Fsp3) is 0.625. The molecule has 0 saturated carbocycles. The summed E-state index contributed by atoms with van der Waals surface area (Å²) in [4.78, 5) is 29.8. The lowest BCUT2D eigenvalue weighted by Gasteiger charge is -2.11. The summed E-state index contributed by atoms with van der Waals surface area (Å²) in [5, 5.41) is 18.4. The summed E-state index contributed by atoms with van der Waals surface area (Å²) in [5.41, 5.74) is -0.237. The number of unbranched alkanes of at least 4 members (excludes halogenated alkanes) is 1. The summed E-state index contributed by atoms with van der Waals surface area (Å²) in [5.74, 6) is 0.381. The van der Waals surface area contributed by atoms with Crippen LogP contribution in [0.1, 0.15) is 45.4 Å². The molecule has 1 N–H and O–H groups in total. The van der Waals surface area contributed by atoms with E-state index in [1.165, 1.54) is 4.57 Å². The Bertz CT molecular complexity index is 869. The average Bonchev–Trinajstić information content (AvgIpc) is 2.94. The zero-order valence-electron chi connectivity index (χ0n) is 14.2. The lowest BCUT2D eigenvalue weighted by molar-refractivity contribution is 0.265. The molecule has 24 heavy (non-hydrogen) atoms. The first-order chi connectivity index (χ1) is 11.6. The van der Waals surface area contributed by atoms with Gasteiger partial charge in [-0.15, -0.1) is 0 Å². The fourth-order valence-corrected chi connectivity index (χ4v) is 2.80. The van der Waals surface area contributed by atoms with Gasteiger partial charge in [0, 0.05) is 19.6 Å². The van der Waals surface area contributed by atoms with Gasteiger partial charge < -0.3 is 9.67 Å². The number of fused-ring (bicyclic) bond motifs is 1. The minimum Gasteiger partial charge on any atom is -0.388 e. The Morgan fingerprint density at radius 1 is 1.08 bits per heavy atom. The van der Waals surface area contributed by atoms with Crippen LogP contribution >= 0.6 is 0 Å². The van der Waals surface area contributed by atoms with Crippen LogP contribution in [0.5, 0.6) is 0 Å². The third kappa shape index (κ3) is 3.12. The maximum Gasteiger partial charge on any atom is 0.332 e. The highest BCUT2D eigenvalue weighted by molar-refractivity contribution is 5.71. The van der Waals surface area contributed by atoms with Gasteiger partial charge in [0.2, 0.25) is 0 Å². The largest absolute Gasteiger partial charge is 0.388 e. The van der Waals surface area contributed by atoms with Gasteiger partial charge in [0.15, 0.2) is 11.2 Å². The van der Waals surface area contributed by atoms with Crippen LogP contribution in [0.15, 0.2) is 9.59 Å². The zero-order valence-corrected chi connectivity index (χ0v) is 14.2. The van der Waals surface area contributed by atoms with Gasteiger partial charge in [-0.1, -0.05) is 20.3 Å². The van der Waals surface area contributed by atoms with Crippen LogP contribution < -0.4 is 11.2 Å². The van der Waals surface area contributed by atoms with Crippen LogP contribution in [0.3, 0.4) is 0 Å². The van der Waals surface area contributed by atoms with Crippen molar-refractivity contribution in [2.24, 2.45) is 0 Å². The Balaban J connectivity index is 2.84. The number of nitriles is 1. The highest BCUT2D eigenvalue weighted by Gasteiger charge is 2.20. The maximum atomic E-state index is 12.8. The highest BCUT2D eigenvalue weighted by atomic mass is 16.3. The SMILES string of the molecule is CCCCn1c(=O)n(CCC#N)c(=O)c2c1nc(CO)n2CCC. The summed E-state index contributed by atoms with van der Waals surface area (Å²) < 4.78 is 4.28. The molecule has 2 aromatic heterocycles. The molecule has 0 amide bonds. The van der Waals surface area contributed by atoms with Crippen LogP contribution in [-0.4, -0.2) is 23.8 Å². The van der Waals surface area contributed by atoms with Crippen molar-refractivity contribution in [3.8, 4) is 6.07 Å². The van der Waals surface area contributed by atoms with Gasteiger partial charge in [-0.25, -0.2) is 9.78 Å².